The average Bonchev–Trinajstić information content (AvgIpc) is 2.84. The number of ether oxygens (including phenoxy) is 1. The molecule has 0 radical (unpaired) electrons. The number of hydrogen-bond acceptors (Lipinski definition) is 3. The minimum atomic E-state index is -0.414. The summed E-state index contributed by atoms with van der Waals surface area (Å²) < 4.78 is 6.49. The maximum absolute atomic E-state index is 10.3. The number of aliphatic hydroxyl groups is 1. The number of β-amino-alcohol motifs (C(OH)–C–C–N with tert-alkyl or cyclic N) is 1. The molecule has 19 heavy (non-hydrogen) atoms. The van der Waals surface area contributed by atoms with Crippen LogP contribution in [0.15, 0.2) is 28.7 Å². The van der Waals surface area contributed by atoms with Crippen LogP contribution in [-0.4, -0.2) is 42.9 Å². The van der Waals surface area contributed by atoms with Gasteiger partial charge in [-0.3, -0.25) is 0 Å². The Morgan fingerprint density at radius 2 is 2.37 bits per heavy atom. The lowest BCUT2D eigenvalue weighted by Crippen LogP contribution is -2.27. The van der Waals surface area contributed by atoms with Gasteiger partial charge in [0.1, 0.15) is 0 Å². The Morgan fingerprint density at radius 3 is 3.11 bits per heavy atom. The van der Waals surface area contributed by atoms with Crippen LogP contribution in [0.1, 0.15) is 25.0 Å². The Kier molecular flexibility index (Phi) is 5.82. The van der Waals surface area contributed by atoms with Gasteiger partial charge in [-0.2, -0.15) is 0 Å². The fourth-order valence-corrected chi connectivity index (χ4v) is 2.98. The minimum absolute atomic E-state index is 0.414. The van der Waals surface area contributed by atoms with Gasteiger partial charge in [0, 0.05) is 24.2 Å². The van der Waals surface area contributed by atoms with Crippen LogP contribution in [0, 0.1) is 5.92 Å². The third-order valence-corrected chi connectivity index (χ3v) is 4.09. The van der Waals surface area contributed by atoms with Crippen molar-refractivity contribution >= 4 is 15.9 Å². The van der Waals surface area contributed by atoms with Crippen LogP contribution >= 0.6 is 15.9 Å². The Bertz CT molecular complexity index is 399. The number of halogens is 1. The van der Waals surface area contributed by atoms with Gasteiger partial charge in [-0.25, -0.2) is 0 Å². The molecule has 1 aromatic rings. The van der Waals surface area contributed by atoms with Gasteiger partial charge in [-0.05, 0) is 43.5 Å². The molecule has 1 aliphatic rings. The molecule has 0 saturated carbocycles. The zero-order valence-electron chi connectivity index (χ0n) is 11.4. The number of aliphatic hydroxyl groups excluding tert-OH is 1. The Balaban J connectivity index is 1.82. The quantitative estimate of drug-likeness (QED) is 0.872. The van der Waals surface area contributed by atoms with Crippen LogP contribution < -0.4 is 0 Å². The van der Waals surface area contributed by atoms with Crippen molar-refractivity contribution in [3.8, 4) is 0 Å². The highest BCUT2D eigenvalue weighted by molar-refractivity contribution is 9.10. The highest BCUT2D eigenvalue weighted by atomic mass is 79.9. The van der Waals surface area contributed by atoms with Gasteiger partial charge in [0.25, 0.3) is 0 Å². The number of rotatable bonds is 6. The van der Waals surface area contributed by atoms with E-state index in [9.17, 15) is 5.11 Å². The van der Waals surface area contributed by atoms with E-state index in [1.807, 2.05) is 31.2 Å². The molecule has 0 spiro atoms. The van der Waals surface area contributed by atoms with E-state index >= 15 is 0 Å². The molecule has 1 N–H and O–H groups in total. The monoisotopic (exact) mass is 327 g/mol. The number of nitrogens with zero attached hydrogens (tertiary/aromatic N) is 1. The summed E-state index contributed by atoms with van der Waals surface area (Å²) in [6, 6.07) is 7.90. The van der Waals surface area contributed by atoms with Crippen LogP contribution in [0.25, 0.3) is 0 Å². The standard InChI is InChI=1S/C15H22BrNO2/c1-2-19-11-12-6-7-17(9-12)10-15(18)13-4-3-5-14(16)8-13/h3-5,8,12,15,18H,2,6-7,9-11H2,1H3. The van der Waals surface area contributed by atoms with Gasteiger partial charge in [0.2, 0.25) is 0 Å². The molecular weight excluding hydrogens is 306 g/mol. The number of hydrogen-bond donors (Lipinski definition) is 1. The van der Waals surface area contributed by atoms with Gasteiger partial charge in [0.15, 0.2) is 0 Å². The second kappa shape index (κ2) is 7.39. The van der Waals surface area contributed by atoms with Crippen LogP contribution in [0.3, 0.4) is 0 Å². The number of likely N-dealkylation sites (tertiary alicyclic amines) is 1. The summed E-state index contributed by atoms with van der Waals surface area (Å²) in [5.41, 5.74) is 0.975. The van der Waals surface area contributed by atoms with E-state index < -0.39 is 6.10 Å². The molecule has 0 aromatic heterocycles. The highest BCUT2D eigenvalue weighted by Gasteiger charge is 2.24. The van der Waals surface area contributed by atoms with E-state index in [0.717, 1.165) is 36.3 Å². The normalized spacial score (nSPS) is 21.7. The van der Waals surface area contributed by atoms with Crippen LogP contribution in [0.5, 0.6) is 0 Å². The van der Waals surface area contributed by atoms with Crippen molar-refractivity contribution in [1.82, 2.24) is 4.90 Å². The second-order valence-electron chi connectivity index (χ2n) is 5.14. The van der Waals surface area contributed by atoms with Gasteiger partial charge in [0.05, 0.1) is 12.7 Å². The Hall–Kier alpha value is -0.420. The predicted octanol–water partition coefficient (Wildman–Crippen LogP) is 2.84. The third-order valence-electron chi connectivity index (χ3n) is 3.59. The average molecular weight is 328 g/mol. The van der Waals surface area contributed by atoms with Crippen molar-refractivity contribution in [3.63, 3.8) is 0 Å². The lowest BCUT2D eigenvalue weighted by Gasteiger charge is -2.20. The van der Waals surface area contributed by atoms with Crippen LogP contribution in [-0.2, 0) is 4.74 Å². The first-order chi connectivity index (χ1) is 9.19. The largest absolute Gasteiger partial charge is 0.387 e. The summed E-state index contributed by atoms with van der Waals surface area (Å²) >= 11 is 3.44. The molecule has 1 aromatic carbocycles. The first-order valence-electron chi connectivity index (χ1n) is 6.92. The molecule has 3 nitrogen and oxygen atoms in total. The maximum Gasteiger partial charge on any atom is 0.0917 e. The number of benzene rings is 1. The van der Waals surface area contributed by atoms with Gasteiger partial charge in [-0.1, -0.05) is 28.1 Å². The molecule has 0 amide bonds. The third kappa shape index (κ3) is 4.56. The van der Waals surface area contributed by atoms with E-state index in [4.69, 9.17) is 4.74 Å². The fraction of sp³-hybridized carbons (Fsp3) is 0.600. The Labute approximate surface area is 123 Å². The zero-order valence-corrected chi connectivity index (χ0v) is 13.0. The SMILES string of the molecule is CCOCC1CCN(CC(O)c2cccc(Br)c2)C1. The van der Waals surface area contributed by atoms with Crippen LogP contribution in [0.2, 0.25) is 0 Å². The van der Waals surface area contributed by atoms with Gasteiger partial charge in [-0.15, -0.1) is 0 Å². The van der Waals surface area contributed by atoms with E-state index in [0.29, 0.717) is 12.5 Å². The van der Waals surface area contributed by atoms with E-state index in [2.05, 4.69) is 20.8 Å². The lowest BCUT2D eigenvalue weighted by molar-refractivity contribution is 0.1000. The maximum atomic E-state index is 10.3. The molecule has 1 aliphatic heterocycles. The molecule has 0 aliphatic carbocycles. The van der Waals surface area contributed by atoms with Gasteiger partial charge < -0.3 is 14.7 Å². The summed E-state index contributed by atoms with van der Waals surface area (Å²) in [6.45, 7) is 6.47. The zero-order chi connectivity index (χ0) is 13.7. The van der Waals surface area contributed by atoms with E-state index in [1.54, 1.807) is 0 Å². The second-order valence-corrected chi connectivity index (χ2v) is 6.06. The molecule has 4 heteroatoms. The molecule has 1 saturated heterocycles. The minimum Gasteiger partial charge on any atom is -0.387 e. The van der Waals surface area contributed by atoms with Crippen molar-refractivity contribution in [3.05, 3.63) is 34.3 Å². The summed E-state index contributed by atoms with van der Waals surface area (Å²) in [5, 5.41) is 10.3. The molecule has 1 fully saturated rings. The highest BCUT2D eigenvalue weighted by Crippen LogP contribution is 2.22. The lowest BCUT2D eigenvalue weighted by atomic mass is 10.1. The van der Waals surface area contributed by atoms with Crippen molar-refractivity contribution in [2.45, 2.75) is 19.4 Å². The smallest absolute Gasteiger partial charge is 0.0917 e. The van der Waals surface area contributed by atoms with Crippen molar-refractivity contribution in [2.75, 3.05) is 32.8 Å². The molecule has 1 heterocycles. The molecule has 2 atom stereocenters. The van der Waals surface area contributed by atoms with Crippen molar-refractivity contribution in [1.29, 1.82) is 0 Å². The van der Waals surface area contributed by atoms with E-state index in [-0.39, 0.29) is 0 Å². The summed E-state index contributed by atoms with van der Waals surface area (Å²) in [7, 11) is 0. The first kappa shape index (κ1) is 15.0. The predicted molar refractivity (Wildman–Crippen MR) is 80.1 cm³/mol. The molecule has 2 unspecified atom stereocenters. The Morgan fingerprint density at radius 1 is 1.53 bits per heavy atom. The summed E-state index contributed by atoms with van der Waals surface area (Å²) in [4.78, 5) is 2.33. The fourth-order valence-electron chi connectivity index (χ4n) is 2.56. The summed E-state index contributed by atoms with van der Waals surface area (Å²) in [6.07, 6.45) is 0.758. The van der Waals surface area contributed by atoms with Gasteiger partial charge >= 0.3 is 0 Å². The van der Waals surface area contributed by atoms with Crippen LogP contribution in [0.4, 0.5) is 0 Å². The first-order valence-corrected chi connectivity index (χ1v) is 7.72. The van der Waals surface area contributed by atoms with Crippen molar-refractivity contribution < 1.29 is 9.84 Å². The van der Waals surface area contributed by atoms with E-state index in [1.165, 1.54) is 6.42 Å². The molecule has 0 bridgehead atoms. The topological polar surface area (TPSA) is 32.7 Å². The molecule has 2 rings (SSSR count). The molecular formula is C15H22BrNO2. The molecule has 106 valence electrons. The van der Waals surface area contributed by atoms with Crippen molar-refractivity contribution in [2.24, 2.45) is 5.92 Å². The summed E-state index contributed by atoms with van der Waals surface area (Å²) in [5.74, 6) is 0.620.